The van der Waals surface area contributed by atoms with Gasteiger partial charge in [0.05, 0.1) is 22.8 Å². The van der Waals surface area contributed by atoms with Crippen molar-refractivity contribution in [2.24, 2.45) is 0 Å². The molecule has 0 atom stereocenters. The average molecular weight is 507 g/mol. The van der Waals surface area contributed by atoms with E-state index in [9.17, 15) is 0 Å². The molecule has 126 valence electrons. The topological polar surface area (TPSA) is 51.6 Å². The molecule has 4 heterocycles. The van der Waals surface area contributed by atoms with Crippen molar-refractivity contribution in [1.29, 1.82) is 0 Å². The fourth-order valence-corrected chi connectivity index (χ4v) is 2.06. The van der Waals surface area contributed by atoms with Gasteiger partial charge in [-0.2, -0.15) is 0 Å². The summed E-state index contributed by atoms with van der Waals surface area (Å²) in [6.07, 6.45) is 7.07. The molecule has 0 spiro atoms. The maximum Gasteiger partial charge on any atom is 0.0886 e. The third kappa shape index (κ3) is 5.70. The Morgan fingerprint density at radius 2 is 0.600 bits per heavy atom. The SMILES string of the molecule is [Pt].c1ccc(-c2ccccn2)nc1.c1ccc(-c2ccccn2)nc1. The minimum absolute atomic E-state index is 0. The van der Waals surface area contributed by atoms with Gasteiger partial charge in [0.1, 0.15) is 0 Å². The van der Waals surface area contributed by atoms with Gasteiger partial charge in [-0.25, -0.2) is 0 Å². The molecule has 0 radical (unpaired) electrons. The van der Waals surface area contributed by atoms with Gasteiger partial charge in [-0.15, -0.1) is 0 Å². The summed E-state index contributed by atoms with van der Waals surface area (Å²) < 4.78 is 0. The first-order valence-corrected chi connectivity index (χ1v) is 7.58. The van der Waals surface area contributed by atoms with Crippen molar-refractivity contribution in [3.05, 3.63) is 97.6 Å². The minimum atomic E-state index is 0. The molecule has 0 N–H and O–H groups in total. The zero-order chi connectivity index (χ0) is 16.5. The Balaban J connectivity index is 0.000000173. The standard InChI is InChI=1S/2C10H8N2.Pt/c2*1-3-7-11-9(5-1)10-6-2-4-8-12-10;/h2*1-8H;. The molecule has 4 aromatic rings. The summed E-state index contributed by atoms with van der Waals surface area (Å²) in [7, 11) is 0. The molecule has 4 aromatic heterocycles. The van der Waals surface area contributed by atoms with Crippen LogP contribution in [0.5, 0.6) is 0 Å². The molecule has 4 nitrogen and oxygen atoms in total. The number of rotatable bonds is 2. The van der Waals surface area contributed by atoms with Crippen molar-refractivity contribution in [3.8, 4) is 22.8 Å². The number of nitrogens with zero attached hydrogens (tertiary/aromatic N) is 4. The third-order valence-electron chi connectivity index (χ3n) is 3.18. The van der Waals surface area contributed by atoms with E-state index in [1.807, 2.05) is 72.8 Å². The van der Waals surface area contributed by atoms with Crippen LogP contribution in [0, 0.1) is 0 Å². The molecule has 0 unspecified atom stereocenters. The number of aromatic nitrogens is 4. The molecule has 0 saturated carbocycles. The molecule has 0 aliphatic heterocycles. The smallest absolute Gasteiger partial charge is 0.0886 e. The van der Waals surface area contributed by atoms with Crippen molar-refractivity contribution in [3.63, 3.8) is 0 Å². The quantitative estimate of drug-likeness (QED) is 0.407. The second kappa shape index (κ2) is 10.2. The van der Waals surface area contributed by atoms with Crippen LogP contribution in [-0.2, 0) is 21.1 Å². The molecule has 0 amide bonds. The van der Waals surface area contributed by atoms with Crippen LogP contribution < -0.4 is 0 Å². The molecule has 0 aromatic carbocycles. The largest absolute Gasteiger partial charge is 0.255 e. The van der Waals surface area contributed by atoms with Crippen LogP contribution in [0.4, 0.5) is 0 Å². The van der Waals surface area contributed by atoms with Gasteiger partial charge in [-0.1, -0.05) is 24.3 Å². The van der Waals surface area contributed by atoms with Crippen molar-refractivity contribution in [2.45, 2.75) is 0 Å². The first kappa shape index (κ1) is 18.6. The summed E-state index contributed by atoms with van der Waals surface area (Å²) in [5, 5.41) is 0. The van der Waals surface area contributed by atoms with Gasteiger partial charge in [-0.05, 0) is 48.5 Å². The molecule has 0 aliphatic carbocycles. The van der Waals surface area contributed by atoms with E-state index >= 15 is 0 Å². The Hall–Kier alpha value is -2.71. The second-order valence-electron chi connectivity index (χ2n) is 4.86. The summed E-state index contributed by atoms with van der Waals surface area (Å²) in [6, 6.07) is 23.2. The van der Waals surface area contributed by atoms with E-state index in [4.69, 9.17) is 0 Å². The predicted octanol–water partition coefficient (Wildman–Crippen LogP) is 4.28. The van der Waals surface area contributed by atoms with Crippen LogP contribution in [0.15, 0.2) is 97.6 Å². The fourth-order valence-electron chi connectivity index (χ4n) is 2.06. The van der Waals surface area contributed by atoms with Crippen LogP contribution in [0.1, 0.15) is 0 Å². The first-order valence-electron chi connectivity index (χ1n) is 7.58. The molecule has 0 fully saturated rings. The molecular formula is C20H16N4Pt. The van der Waals surface area contributed by atoms with E-state index in [-0.39, 0.29) is 21.1 Å². The maximum atomic E-state index is 4.19. The summed E-state index contributed by atoms with van der Waals surface area (Å²) in [4.78, 5) is 16.7. The van der Waals surface area contributed by atoms with Gasteiger partial charge in [0, 0.05) is 45.9 Å². The molecule has 0 saturated heterocycles. The van der Waals surface area contributed by atoms with Gasteiger partial charge in [-0.3, -0.25) is 19.9 Å². The maximum absolute atomic E-state index is 4.19. The second-order valence-corrected chi connectivity index (χ2v) is 4.86. The Bertz CT molecular complexity index is 692. The van der Waals surface area contributed by atoms with E-state index in [2.05, 4.69) is 19.9 Å². The van der Waals surface area contributed by atoms with Gasteiger partial charge < -0.3 is 0 Å². The monoisotopic (exact) mass is 507 g/mol. The van der Waals surface area contributed by atoms with E-state index in [1.165, 1.54) is 0 Å². The van der Waals surface area contributed by atoms with Crippen molar-refractivity contribution >= 4 is 0 Å². The van der Waals surface area contributed by atoms with Crippen molar-refractivity contribution in [2.75, 3.05) is 0 Å². The number of pyridine rings is 4. The van der Waals surface area contributed by atoms with Crippen LogP contribution in [0.25, 0.3) is 22.8 Å². The van der Waals surface area contributed by atoms with Crippen LogP contribution in [0.2, 0.25) is 0 Å². The Kier molecular flexibility index (Phi) is 7.61. The average Bonchev–Trinajstić information content (AvgIpc) is 2.71. The van der Waals surface area contributed by atoms with Gasteiger partial charge in [0.25, 0.3) is 0 Å². The van der Waals surface area contributed by atoms with Crippen molar-refractivity contribution < 1.29 is 21.1 Å². The summed E-state index contributed by atoms with van der Waals surface area (Å²) in [5.74, 6) is 0. The molecule has 25 heavy (non-hydrogen) atoms. The summed E-state index contributed by atoms with van der Waals surface area (Å²) >= 11 is 0. The van der Waals surface area contributed by atoms with E-state index in [0.29, 0.717) is 0 Å². The molecule has 5 heteroatoms. The van der Waals surface area contributed by atoms with E-state index < -0.39 is 0 Å². The normalized spacial score (nSPS) is 9.28. The molecule has 0 aliphatic rings. The van der Waals surface area contributed by atoms with Crippen molar-refractivity contribution in [1.82, 2.24) is 19.9 Å². The summed E-state index contributed by atoms with van der Waals surface area (Å²) in [6.45, 7) is 0. The fraction of sp³-hybridized carbons (Fsp3) is 0. The van der Waals surface area contributed by atoms with Crippen LogP contribution in [-0.4, -0.2) is 19.9 Å². The van der Waals surface area contributed by atoms with E-state index in [1.54, 1.807) is 24.8 Å². The zero-order valence-corrected chi connectivity index (χ0v) is 15.6. The van der Waals surface area contributed by atoms with Gasteiger partial charge >= 0.3 is 0 Å². The summed E-state index contributed by atoms with van der Waals surface area (Å²) in [5.41, 5.74) is 3.66. The molecule has 4 rings (SSSR count). The predicted molar refractivity (Wildman–Crippen MR) is 94.9 cm³/mol. The molecule has 0 bridgehead atoms. The Morgan fingerprint density at radius 3 is 0.760 bits per heavy atom. The zero-order valence-electron chi connectivity index (χ0n) is 13.3. The number of hydrogen-bond acceptors (Lipinski definition) is 4. The Morgan fingerprint density at radius 1 is 0.360 bits per heavy atom. The van der Waals surface area contributed by atoms with Crippen LogP contribution >= 0.6 is 0 Å². The minimum Gasteiger partial charge on any atom is -0.255 e. The Labute approximate surface area is 161 Å². The van der Waals surface area contributed by atoms with Gasteiger partial charge in [0.15, 0.2) is 0 Å². The van der Waals surface area contributed by atoms with Gasteiger partial charge in [0.2, 0.25) is 0 Å². The molecular weight excluding hydrogens is 491 g/mol. The number of hydrogen-bond donors (Lipinski definition) is 0. The van der Waals surface area contributed by atoms with E-state index in [0.717, 1.165) is 22.8 Å². The third-order valence-corrected chi connectivity index (χ3v) is 3.18. The first-order chi connectivity index (χ1) is 11.9. The van der Waals surface area contributed by atoms with Crippen LogP contribution in [0.3, 0.4) is 0 Å².